The van der Waals surface area contributed by atoms with Gasteiger partial charge in [0.1, 0.15) is 0 Å². The quantitative estimate of drug-likeness (QED) is 0.347. The van der Waals surface area contributed by atoms with E-state index in [2.05, 4.69) is 6.58 Å². The Morgan fingerprint density at radius 3 is 2.35 bits per heavy atom. The van der Waals surface area contributed by atoms with Gasteiger partial charge in [0.05, 0.1) is 32.1 Å². The number of rotatable bonds is 15. The Kier molecular flexibility index (Phi) is 13.7. The molecular formula is C17H33O5P. The fourth-order valence-electron chi connectivity index (χ4n) is 2.38. The molecule has 2 unspecified atom stereocenters. The lowest BCUT2D eigenvalue weighted by Gasteiger charge is -2.19. The topological polar surface area (TPSA) is 76.0 Å². The van der Waals surface area contributed by atoms with Crippen molar-refractivity contribution in [2.24, 2.45) is 5.92 Å². The summed E-state index contributed by atoms with van der Waals surface area (Å²) in [4.78, 5) is 0. The van der Waals surface area contributed by atoms with Crippen molar-refractivity contribution in [1.29, 1.82) is 0 Å². The molecule has 0 radical (unpaired) electrons. The molecule has 2 N–H and O–H groups in total. The average Bonchev–Trinajstić information content (AvgIpc) is 2.50. The third-order valence-electron chi connectivity index (χ3n) is 3.51. The van der Waals surface area contributed by atoms with Crippen molar-refractivity contribution < 1.29 is 23.8 Å². The number of aliphatic hydroxyl groups is 2. The Morgan fingerprint density at radius 2 is 1.83 bits per heavy atom. The van der Waals surface area contributed by atoms with Crippen molar-refractivity contribution in [3.8, 4) is 0 Å². The molecule has 23 heavy (non-hydrogen) atoms. The summed E-state index contributed by atoms with van der Waals surface area (Å²) in [5, 5.41) is 18.8. The van der Waals surface area contributed by atoms with Crippen LogP contribution in [0, 0.1) is 5.92 Å². The summed E-state index contributed by atoms with van der Waals surface area (Å²) in [5.74, 6) is 0.235. The van der Waals surface area contributed by atoms with Crippen LogP contribution < -0.4 is 0 Å². The Hall–Kier alpha value is -0.450. The zero-order chi connectivity index (χ0) is 17.6. The van der Waals surface area contributed by atoms with Crippen molar-refractivity contribution in [3.63, 3.8) is 0 Å². The van der Waals surface area contributed by atoms with Gasteiger partial charge in [-0.25, -0.2) is 0 Å². The summed E-state index contributed by atoms with van der Waals surface area (Å²) in [7, 11) is -3.01. The molecule has 0 aliphatic rings. The van der Waals surface area contributed by atoms with E-state index >= 15 is 0 Å². The molecule has 0 aliphatic carbocycles. The van der Waals surface area contributed by atoms with Crippen LogP contribution in [0.4, 0.5) is 0 Å². The molecule has 136 valence electrons. The second-order valence-corrected chi connectivity index (χ2v) is 7.61. The largest absolute Gasteiger partial charge is 0.393 e. The van der Waals surface area contributed by atoms with Crippen LogP contribution in [0.2, 0.25) is 0 Å². The van der Waals surface area contributed by atoms with Crippen LogP contribution in [-0.2, 0) is 13.6 Å². The first-order valence-corrected chi connectivity index (χ1v) is 10.2. The number of hydrogen-bond donors (Lipinski definition) is 2. The van der Waals surface area contributed by atoms with Crippen molar-refractivity contribution in [2.75, 3.05) is 26.0 Å². The van der Waals surface area contributed by atoms with Gasteiger partial charge in [-0.05, 0) is 51.9 Å². The fraction of sp³-hybridized carbons (Fsp3) is 0.765. The second kappa shape index (κ2) is 13.9. The zero-order valence-electron chi connectivity index (χ0n) is 14.5. The van der Waals surface area contributed by atoms with Gasteiger partial charge in [0.15, 0.2) is 0 Å². The fourth-order valence-corrected chi connectivity index (χ4v) is 4.07. The molecule has 6 heteroatoms. The first kappa shape index (κ1) is 22.6. The van der Waals surface area contributed by atoms with Crippen LogP contribution in [0.1, 0.15) is 46.0 Å². The first-order chi connectivity index (χ1) is 11.0. The predicted molar refractivity (Wildman–Crippen MR) is 94.7 cm³/mol. The molecule has 0 aromatic carbocycles. The molecule has 0 saturated heterocycles. The number of aliphatic hydroxyl groups excluding tert-OH is 2. The van der Waals surface area contributed by atoms with Gasteiger partial charge in [0.2, 0.25) is 0 Å². The van der Waals surface area contributed by atoms with Gasteiger partial charge in [-0.2, -0.15) is 0 Å². The maximum atomic E-state index is 12.3. The van der Waals surface area contributed by atoms with E-state index in [9.17, 15) is 9.67 Å². The normalized spacial score (nSPS) is 15.0. The van der Waals surface area contributed by atoms with E-state index in [0.29, 0.717) is 38.6 Å². The molecule has 2 atom stereocenters. The van der Waals surface area contributed by atoms with Gasteiger partial charge in [-0.15, -0.1) is 6.58 Å². The Labute approximate surface area is 140 Å². The second-order valence-electron chi connectivity index (χ2n) is 5.43. The SMILES string of the molecule is C=CC(CCC=CCO)CC(O)CCCP(=O)(OCC)OCC. The van der Waals surface area contributed by atoms with E-state index in [1.54, 1.807) is 19.9 Å². The molecule has 0 rings (SSSR count). The number of hydrogen-bond acceptors (Lipinski definition) is 5. The Bertz CT molecular complexity index is 360. The van der Waals surface area contributed by atoms with E-state index in [1.165, 1.54) is 0 Å². The van der Waals surface area contributed by atoms with Crippen molar-refractivity contribution in [3.05, 3.63) is 24.8 Å². The summed E-state index contributed by atoms with van der Waals surface area (Å²) >= 11 is 0. The summed E-state index contributed by atoms with van der Waals surface area (Å²) in [6.07, 6.45) is 8.97. The highest BCUT2D eigenvalue weighted by atomic mass is 31.2. The van der Waals surface area contributed by atoms with Crippen LogP contribution >= 0.6 is 7.60 Å². The van der Waals surface area contributed by atoms with E-state index in [-0.39, 0.29) is 12.5 Å². The van der Waals surface area contributed by atoms with Crippen LogP contribution in [-0.4, -0.2) is 42.3 Å². The summed E-state index contributed by atoms with van der Waals surface area (Å²) in [5.41, 5.74) is 0. The molecule has 0 bridgehead atoms. The maximum Gasteiger partial charge on any atom is 0.330 e. The summed E-state index contributed by atoms with van der Waals surface area (Å²) in [6.45, 7) is 8.17. The van der Waals surface area contributed by atoms with Gasteiger partial charge < -0.3 is 19.3 Å². The van der Waals surface area contributed by atoms with Gasteiger partial charge in [0.25, 0.3) is 0 Å². The molecule has 5 nitrogen and oxygen atoms in total. The maximum absolute atomic E-state index is 12.3. The van der Waals surface area contributed by atoms with Crippen molar-refractivity contribution in [2.45, 2.75) is 52.1 Å². The lowest BCUT2D eigenvalue weighted by atomic mass is 9.94. The highest BCUT2D eigenvalue weighted by Crippen LogP contribution is 2.48. The Morgan fingerprint density at radius 1 is 1.17 bits per heavy atom. The minimum atomic E-state index is -3.01. The predicted octanol–water partition coefficient (Wildman–Crippen LogP) is 3.91. The molecule has 0 fully saturated rings. The van der Waals surface area contributed by atoms with Gasteiger partial charge in [0, 0.05) is 0 Å². The standard InChI is InChI=1S/C17H33O5P/c1-4-16(11-8-7-9-13-18)15-17(19)12-10-14-23(20,21-5-2)22-6-3/h4,7,9,16-19H,1,5-6,8,10-15H2,2-3H3. The highest BCUT2D eigenvalue weighted by molar-refractivity contribution is 7.53. The minimum Gasteiger partial charge on any atom is -0.393 e. The lowest BCUT2D eigenvalue weighted by molar-refractivity contribution is 0.137. The molecular weight excluding hydrogens is 315 g/mol. The third-order valence-corrected chi connectivity index (χ3v) is 5.67. The minimum absolute atomic E-state index is 0.0566. The monoisotopic (exact) mass is 348 g/mol. The van der Waals surface area contributed by atoms with E-state index in [0.717, 1.165) is 12.8 Å². The Balaban J connectivity index is 4.11. The molecule has 0 aliphatic heterocycles. The highest BCUT2D eigenvalue weighted by Gasteiger charge is 2.23. The smallest absolute Gasteiger partial charge is 0.330 e. The van der Waals surface area contributed by atoms with Gasteiger partial charge in [-0.3, -0.25) is 4.57 Å². The van der Waals surface area contributed by atoms with Crippen LogP contribution in [0.25, 0.3) is 0 Å². The van der Waals surface area contributed by atoms with E-state index in [4.69, 9.17) is 14.2 Å². The van der Waals surface area contributed by atoms with Crippen molar-refractivity contribution in [1.82, 2.24) is 0 Å². The number of allylic oxidation sites excluding steroid dienone is 2. The van der Waals surface area contributed by atoms with Crippen LogP contribution in [0.15, 0.2) is 24.8 Å². The van der Waals surface area contributed by atoms with Crippen LogP contribution in [0.3, 0.4) is 0 Å². The molecule has 0 saturated carbocycles. The third kappa shape index (κ3) is 11.7. The molecule has 0 amide bonds. The van der Waals surface area contributed by atoms with Gasteiger partial charge in [-0.1, -0.05) is 18.2 Å². The lowest BCUT2D eigenvalue weighted by Crippen LogP contribution is -2.13. The summed E-state index contributed by atoms with van der Waals surface area (Å²) < 4.78 is 22.8. The molecule has 0 spiro atoms. The molecule has 0 aromatic heterocycles. The summed E-state index contributed by atoms with van der Waals surface area (Å²) in [6, 6.07) is 0. The zero-order valence-corrected chi connectivity index (χ0v) is 15.4. The van der Waals surface area contributed by atoms with E-state index < -0.39 is 13.7 Å². The average molecular weight is 348 g/mol. The molecule has 0 heterocycles. The van der Waals surface area contributed by atoms with Crippen molar-refractivity contribution >= 4 is 7.60 Å². The first-order valence-electron chi connectivity index (χ1n) is 8.45. The molecule has 0 aromatic rings. The van der Waals surface area contributed by atoms with Crippen LogP contribution in [0.5, 0.6) is 0 Å². The van der Waals surface area contributed by atoms with E-state index in [1.807, 2.05) is 12.2 Å². The van der Waals surface area contributed by atoms with Gasteiger partial charge >= 0.3 is 7.60 Å².